The number of ether oxygens (including phenoxy) is 1. The molecule has 0 N–H and O–H groups in total. The molecular weight excluding hydrogens is 452 g/mol. The quantitative estimate of drug-likeness (QED) is 0.365. The van der Waals surface area contributed by atoms with Gasteiger partial charge in [0, 0.05) is 41.1 Å². The molecule has 4 aliphatic heterocycles. The SMILES string of the molecule is C/C=C1/CN2CC[C@]34c5ccccc5N(C(=O)CC(=O)OCC)[C@H]3[C@H](C3SCCS3)[C@H]1C[C@H]24. The van der Waals surface area contributed by atoms with E-state index >= 15 is 0 Å². The van der Waals surface area contributed by atoms with Crippen LogP contribution < -0.4 is 4.90 Å². The van der Waals surface area contributed by atoms with E-state index < -0.39 is 5.97 Å². The number of rotatable bonds is 4. The number of allylic oxidation sites excluding steroid dienone is 1. The van der Waals surface area contributed by atoms with E-state index in [9.17, 15) is 9.59 Å². The summed E-state index contributed by atoms with van der Waals surface area (Å²) in [6.45, 7) is 6.43. The van der Waals surface area contributed by atoms with Crippen molar-refractivity contribution in [1.82, 2.24) is 4.90 Å². The summed E-state index contributed by atoms with van der Waals surface area (Å²) < 4.78 is 5.67. The molecule has 6 rings (SSSR count). The lowest BCUT2D eigenvalue weighted by Gasteiger charge is -2.57. The summed E-state index contributed by atoms with van der Waals surface area (Å²) in [6, 6.07) is 9.12. The summed E-state index contributed by atoms with van der Waals surface area (Å²) in [5.41, 5.74) is 3.88. The van der Waals surface area contributed by atoms with Crippen molar-refractivity contribution >= 4 is 41.1 Å². The number of hydrogen-bond acceptors (Lipinski definition) is 6. The predicted octanol–water partition coefficient (Wildman–Crippen LogP) is 4.07. The van der Waals surface area contributed by atoms with Gasteiger partial charge >= 0.3 is 5.97 Å². The Kier molecular flexibility index (Phi) is 5.58. The van der Waals surface area contributed by atoms with Crippen LogP contribution >= 0.6 is 23.5 Å². The fourth-order valence-corrected chi connectivity index (χ4v) is 11.0. The summed E-state index contributed by atoms with van der Waals surface area (Å²) in [4.78, 5) is 31.0. The number of fused-ring (bicyclic) bond motifs is 2. The third kappa shape index (κ3) is 3.11. The van der Waals surface area contributed by atoms with Crippen molar-refractivity contribution in [3.63, 3.8) is 0 Å². The minimum Gasteiger partial charge on any atom is -0.466 e. The third-order valence-corrected chi connectivity index (χ3v) is 11.9. The van der Waals surface area contributed by atoms with Gasteiger partial charge in [-0.3, -0.25) is 14.5 Å². The van der Waals surface area contributed by atoms with Gasteiger partial charge in [0.25, 0.3) is 0 Å². The van der Waals surface area contributed by atoms with Crippen molar-refractivity contribution in [2.45, 2.75) is 55.2 Å². The monoisotopic (exact) mass is 484 g/mol. The topological polar surface area (TPSA) is 49.9 Å². The van der Waals surface area contributed by atoms with Gasteiger partial charge in [0.1, 0.15) is 6.42 Å². The average Bonchev–Trinajstić information content (AvgIpc) is 3.54. The molecule has 1 aromatic carbocycles. The normalized spacial score (nSPS) is 36.2. The van der Waals surface area contributed by atoms with Gasteiger partial charge in [0.15, 0.2) is 0 Å². The number of amides is 1. The second kappa shape index (κ2) is 8.35. The smallest absolute Gasteiger partial charge is 0.315 e. The van der Waals surface area contributed by atoms with E-state index in [0.717, 1.165) is 25.2 Å². The number of nitrogens with zero attached hydrogens (tertiary/aromatic N) is 2. The number of thioether (sulfide) groups is 2. The van der Waals surface area contributed by atoms with Gasteiger partial charge in [0.2, 0.25) is 5.91 Å². The highest BCUT2D eigenvalue weighted by Crippen LogP contribution is 2.65. The maximum atomic E-state index is 13.8. The average molecular weight is 485 g/mol. The molecule has 7 heteroatoms. The lowest BCUT2D eigenvalue weighted by Crippen LogP contribution is -2.66. The molecule has 2 bridgehead atoms. The van der Waals surface area contributed by atoms with Crippen LogP contribution in [0.15, 0.2) is 35.9 Å². The summed E-state index contributed by atoms with van der Waals surface area (Å²) in [5, 5.41) is 0. The molecule has 5 atom stereocenters. The van der Waals surface area contributed by atoms with Crippen LogP contribution in [0.2, 0.25) is 0 Å². The Morgan fingerprint density at radius 3 is 2.79 bits per heavy atom. The molecule has 1 saturated carbocycles. The second-order valence-corrected chi connectivity index (χ2v) is 12.7. The minimum atomic E-state index is -0.416. The predicted molar refractivity (Wildman–Crippen MR) is 135 cm³/mol. The van der Waals surface area contributed by atoms with Gasteiger partial charge in [-0.2, -0.15) is 0 Å². The Morgan fingerprint density at radius 1 is 1.24 bits per heavy atom. The molecule has 4 fully saturated rings. The highest BCUT2D eigenvalue weighted by molar-refractivity contribution is 8.20. The van der Waals surface area contributed by atoms with Gasteiger partial charge in [-0.1, -0.05) is 29.8 Å². The van der Waals surface area contributed by atoms with Crippen LogP contribution in [-0.4, -0.2) is 64.6 Å². The molecule has 1 amide bonds. The molecule has 3 saturated heterocycles. The number of benzene rings is 1. The Bertz CT molecular complexity index is 1010. The van der Waals surface area contributed by atoms with Gasteiger partial charge in [-0.25, -0.2) is 0 Å². The van der Waals surface area contributed by atoms with E-state index in [1.54, 1.807) is 12.5 Å². The molecule has 0 unspecified atom stereocenters. The van der Waals surface area contributed by atoms with Crippen LogP contribution in [0.25, 0.3) is 0 Å². The van der Waals surface area contributed by atoms with Gasteiger partial charge in [-0.05, 0) is 50.8 Å². The molecule has 5 nitrogen and oxygen atoms in total. The Morgan fingerprint density at radius 2 is 2.03 bits per heavy atom. The van der Waals surface area contributed by atoms with Crippen LogP contribution in [0.1, 0.15) is 38.7 Å². The molecule has 0 aromatic heterocycles. The van der Waals surface area contributed by atoms with Gasteiger partial charge < -0.3 is 9.64 Å². The van der Waals surface area contributed by atoms with Crippen molar-refractivity contribution in [1.29, 1.82) is 0 Å². The fourth-order valence-electron chi connectivity index (χ4n) is 7.64. The maximum Gasteiger partial charge on any atom is 0.315 e. The summed E-state index contributed by atoms with van der Waals surface area (Å²) >= 11 is 4.17. The molecule has 4 heterocycles. The van der Waals surface area contributed by atoms with Crippen molar-refractivity contribution in [3.05, 3.63) is 41.5 Å². The lowest BCUT2D eigenvalue weighted by molar-refractivity contribution is -0.145. The number of carbonyl (C=O) groups excluding carboxylic acids is 2. The van der Waals surface area contributed by atoms with Crippen LogP contribution in [0.5, 0.6) is 0 Å². The maximum absolute atomic E-state index is 13.8. The molecule has 0 radical (unpaired) electrons. The van der Waals surface area contributed by atoms with E-state index in [1.807, 2.05) is 6.07 Å². The number of esters is 1. The Balaban J connectivity index is 1.51. The molecule has 5 aliphatic rings. The summed E-state index contributed by atoms with van der Waals surface area (Å²) in [7, 11) is 0. The zero-order valence-electron chi connectivity index (χ0n) is 19.4. The zero-order valence-corrected chi connectivity index (χ0v) is 21.0. The number of carbonyl (C=O) groups is 2. The van der Waals surface area contributed by atoms with Gasteiger partial charge in [-0.15, -0.1) is 23.5 Å². The van der Waals surface area contributed by atoms with Crippen molar-refractivity contribution < 1.29 is 14.3 Å². The minimum absolute atomic E-state index is 0.0366. The zero-order chi connectivity index (χ0) is 22.7. The Hall–Kier alpha value is -1.44. The van der Waals surface area contributed by atoms with Crippen molar-refractivity contribution in [2.24, 2.45) is 11.8 Å². The lowest BCUT2D eigenvalue weighted by atomic mass is 9.55. The largest absolute Gasteiger partial charge is 0.466 e. The molecule has 1 aliphatic carbocycles. The summed E-state index contributed by atoms with van der Waals surface area (Å²) in [6.07, 6.45) is 4.44. The first kappa shape index (κ1) is 22.1. The molecule has 33 heavy (non-hydrogen) atoms. The molecule has 176 valence electrons. The first-order valence-electron chi connectivity index (χ1n) is 12.3. The number of para-hydroxylation sites is 1. The number of piperidine rings is 1. The van der Waals surface area contributed by atoms with E-state index in [2.05, 4.69) is 64.5 Å². The van der Waals surface area contributed by atoms with Crippen LogP contribution in [0.4, 0.5) is 5.69 Å². The molecule has 1 spiro atoms. The van der Waals surface area contributed by atoms with E-state index in [-0.39, 0.29) is 23.8 Å². The standard InChI is InChI=1S/C26H32N2O3S2/c1-3-16-15-27-10-9-26-18-7-5-6-8-19(18)28(21(29)14-22(30)31-4-2)24(26)23(17(16)13-20(26)27)25-32-11-12-33-25/h3,5-8,17,20,23-25H,4,9-15H2,1-2H3/b16-3-/t17-,20-,23+,24-,26+/m0/s1. The highest BCUT2D eigenvalue weighted by atomic mass is 32.2. The first-order chi connectivity index (χ1) is 16.1. The van der Waals surface area contributed by atoms with Gasteiger partial charge in [0.05, 0.1) is 17.2 Å². The number of anilines is 1. The van der Waals surface area contributed by atoms with Crippen LogP contribution in [0, 0.1) is 11.8 Å². The van der Waals surface area contributed by atoms with Crippen molar-refractivity contribution in [3.8, 4) is 0 Å². The highest BCUT2D eigenvalue weighted by Gasteiger charge is 2.69. The third-order valence-electron chi connectivity index (χ3n) is 8.69. The van der Waals surface area contributed by atoms with E-state index in [4.69, 9.17) is 4.74 Å². The van der Waals surface area contributed by atoms with Crippen LogP contribution in [-0.2, 0) is 19.7 Å². The van der Waals surface area contributed by atoms with Crippen molar-refractivity contribution in [2.75, 3.05) is 36.1 Å². The Labute approximate surface area is 204 Å². The first-order valence-corrected chi connectivity index (χ1v) is 14.4. The van der Waals surface area contributed by atoms with E-state index in [0.29, 0.717) is 29.1 Å². The number of hydrogen-bond donors (Lipinski definition) is 0. The second-order valence-electron chi connectivity index (χ2n) is 9.88. The molecular formula is C26H32N2O3S2. The van der Waals surface area contributed by atoms with E-state index in [1.165, 1.54) is 23.5 Å². The molecule has 1 aromatic rings. The fraction of sp³-hybridized carbons (Fsp3) is 0.615. The van der Waals surface area contributed by atoms with Crippen LogP contribution in [0.3, 0.4) is 0 Å². The summed E-state index contributed by atoms with van der Waals surface area (Å²) in [5.74, 6) is 2.75.